The van der Waals surface area contributed by atoms with Crippen LogP contribution in [0, 0.1) is 0 Å². The highest BCUT2D eigenvalue weighted by Gasteiger charge is 2.32. The number of fused-ring (bicyclic) bond motifs is 1. The molecular formula is C30H42N6O5S. The number of nitrogens with one attached hydrogen (secondary N) is 1. The van der Waals surface area contributed by atoms with Crippen molar-refractivity contribution in [1.82, 2.24) is 24.8 Å². The second-order valence-electron chi connectivity index (χ2n) is 12.5. The van der Waals surface area contributed by atoms with E-state index >= 15 is 0 Å². The van der Waals surface area contributed by atoms with Crippen LogP contribution in [0.2, 0.25) is 0 Å². The van der Waals surface area contributed by atoms with Crippen LogP contribution >= 0.6 is 11.3 Å². The van der Waals surface area contributed by atoms with E-state index in [9.17, 15) is 14.4 Å². The predicted octanol–water partition coefficient (Wildman–Crippen LogP) is 5.75. The van der Waals surface area contributed by atoms with E-state index < -0.39 is 17.3 Å². The number of aromatic nitrogens is 3. The summed E-state index contributed by atoms with van der Waals surface area (Å²) >= 11 is 1.43. The molecule has 0 radical (unpaired) electrons. The van der Waals surface area contributed by atoms with Crippen molar-refractivity contribution in [3.63, 3.8) is 0 Å². The van der Waals surface area contributed by atoms with Crippen LogP contribution in [0.15, 0.2) is 29.6 Å². The number of H-pyrrole nitrogens is 1. The lowest BCUT2D eigenvalue weighted by atomic mass is 10.0. The van der Waals surface area contributed by atoms with Gasteiger partial charge in [-0.05, 0) is 72.9 Å². The first kappa shape index (κ1) is 31.3. The third kappa shape index (κ3) is 8.67. The molecule has 1 atom stereocenters. The summed E-state index contributed by atoms with van der Waals surface area (Å²) in [4.78, 5) is 55.6. The summed E-state index contributed by atoms with van der Waals surface area (Å²) in [6, 6.07) is 7.56. The van der Waals surface area contributed by atoms with Gasteiger partial charge in [-0.1, -0.05) is 12.1 Å². The van der Waals surface area contributed by atoms with Crippen molar-refractivity contribution in [3.8, 4) is 0 Å². The number of carbonyl (C=O) groups excluding carboxylic acids is 3. The minimum Gasteiger partial charge on any atom is -0.444 e. The zero-order chi connectivity index (χ0) is 30.5. The minimum absolute atomic E-state index is 0.157. The quantitative estimate of drug-likeness (QED) is 0.311. The Balaban J connectivity index is 1.43. The third-order valence-electron chi connectivity index (χ3n) is 6.65. The monoisotopic (exact) mass is 598 g/mol. The van der Waals surface area contributed by atoms with Crippen LogP contribution in [0.3, 0.4) is 0 Å². The molecule has 1 N–H and O–H groups in total. The zero-order valence-corrected chi connectivity index (χ0v) is 26.2. The fraction of sp³-hybridized carbons (Fsp3) is 0.567. The maximum atomic E-state index is 13.1. The van der Waals surface area contributed by atoms with Crippen molar-refractivity contribution in [2.75, 3.05) is 24.5 Å². The largest absolute Gasteiger partial charge is 0.444 e. The number of likely N-dealkylation sites (tertiary alicyclic amines) is 1. The second-order valence-corrected chi connectivity index (χ2v) is 13.5. The van der Waals surface area contributed by atoms with Gasteiger partial charge in [0.15, 0.2) is 0 Å². The molecule has 1 aromatic carbocycles. The smallest absolute Gasteiger partial charge is 0.410 e. The van der Waals surface area contributed by atoms with Crippen molar-refractivity contribution in [3.05, 3.63) is 40.5 Å². The van der Waals surface area contributed by atoms with Gasteiger partial charge in [-0.2, -0.15) is 0 Å². The first-order valence-corrected chi connectivity index (χ1v) is 15.3. The Kier molecular flexibility index (Phi) is 9.75. The average Bonchev–Trinajstić information content (AvgIpc) is 3.54. The number of thiazole rings is 1. The molecule has 3 amide bonds. The third-order valence-corrected chi connectivity index (χ3v) is 7.55. The molecule has 0 spiro atoms. The van der Waals surface area contributed by atoms with Crippen LogP contribution in [-0.4, -0.2) is 80.2 Å². The number of nitrogens with zero attached hydrogens (tertiary/aromatic N) is 5. The van der Waals surface area contributed by atoms with Crippen LogP contribution in [-0.2, 0) is 27.2 Å². The molecule has 3 aromatic rings. The number of anilines is 1. The molecular weight excluding hydrogens is 556 g/mol. The number of imidazole rings is 1. The SMILES string of the molecule is CC(C)(C)OC(=O)N(CCc1nc(N(C=O)CC2CCCCN2C(=O)OC(C)(C)C)cs1)Cc1nc2ccccc2[nH]1. The molecule has 228 valence electrons. The molecule has 1 aliphatic heterocycles. The molecule has 0 bridgehead atoms. The molecule has 3 heterocycles. The summed E-state index contributed by atoms with van der Waals surface area (Å²) in [6.07, 6.45) is 3.11. The Labute approximate surface area is 251 Å². The van der Waals surface area contributed by atoms with Crippen molar-refractivity contribution in [2.45, 2.75) is 91.0 Å². The Morgan fingerprint density at radius 2 is 1.83 bits per heavy atom. The van der Waals surface area contributed by atoms with Gasteiger partial charge in [0, 0.05) is 31.4 Å². The molecule has 0 saturated carbocycles. The van der Waals surface area contributed by atoms with E-state index in [-0.39, 0.29) is 18.7 Å². The van der Waals surface area contributed by atoms with E-state index in [4.69, 9.17) is 14.5 Å². The highest BCUT2D eigenvalue weighted by Crippen LogP contribution is 2.25. The van der Waals surface area contributed by atoms with Crippen LogP contribution < -0.4 is 4.90 Å². The number of para-hydroxylation sites is 2. The van der Waals surface area contributed by atoms with Crippen LogP contribution in [0.5, 0.6) is 0 Å². The van der Waals surface area contributed by atoms with E-state index in [2.05, 4.69) is 9.97 Å². The van der Waals surface area contributed by atoms with E-state index in [1.54, 1.807) is 14.7 Å². The zero-order valence-electron chi connectivity index (χ0n) is 25.4. The van der Waals surface area contributed by atoms with E-state index in [1.165, 1.54) is 11.3 Å². The number of hydrogen-bond acceptors (Lipinski definition) is 8. The number of aromatic amines is 1. The number of piperidine rings is 1. The summed E-state index contributed by atoms with van der Waals surface area (Å²) in [7, 11) is 0. The fourth-order valence-electron chi connectivity index (χ4n) is 4.77. The Hall–Kier alpha value is -3.67. The molecule has 1 aliphatic rings. The molecule has 12 heteroatoms. The van der Waals surface area contributed by atoms with Gasteiger partial charge < -0.3 is 24.3 Å². The lowest BCUT2D eigenvalue weighted by Gasteiger charge is -2.38. The van der Waals surface area contributed by atoms with E-state index in [0.717, 1.165) is 41.7 Å². The molecule has 11 nitrogen and oxygen atoms in total. The van der Waals surface area contributed by atoms with Crippen molar-refractivity contribution in [1.29, 1.82) is 0 Å². The van der Waals surface area contributed by atoms with Crippen LogP contribution in [0.4, 0.5) is 15.4 Å². The fourth-order valence-corrected chi connectivity index (χ4v) is 5.56. The number of rotatable bonds is 9. The van der Waals surface area contributed by atoms with Gasteiger partial charge in [-0.3, -0.25) is 9.69 Å². The van der Waals surface area contributed by atoms with Gasteiger partial charge in [0.25, 0.3) is 0 Å². The summed E-state index contributed by atoms with van der Waals surface area (Å²) < 4.78 is 11.3. The maximum Gasteiger partial charge on any atom is 0.410 e. The highest BCUT2D eigenvalue weighted by atomic mass is 32.1. The maximum absolute atomic E-state index is 13.1. The van der Waals surface area contributed by atoms with Crippen LogP contribution in [0.25, 0.3) is 11.0 Å². The second kappa shape index (κ2) is 13.1. The lowest BCUT2D eigenvalue weighted by Crippen LogP contribution is -2.50. The summed E-state index contributed by atoms with van der Waals surface area (Å²) in [5.74, 6) is 1.19. The molecule has 4 rings (SSSR count). The van der Waals surface area contributed by atoms with Crippen LogP contribution in [0.1, 0.15) is 71.6 Å². The normalized spacial score (nSPS) is 15.9. The van der Waals surface area contributed by atoms with Crippen molar-refractivity contribution in [2.24, 2.45) is 0 Å². The Morgan fingerprint density at radius 1 is 1.10 bits per heavy atom. The molecule has 1 fully saturated rings. The first-order chi connectivity index (χ1) is 19.8. The van der Waals surface area contributed by atoms with Gasteiger partial charge in [0.05, 0.1) is 28.6 Å². The predicted molar refractivity (Wildman–Crippen MR) is 163 cm³/mol. The number of ether oxygens (including phenoxy) is 2. The van der Waals surface area contributed by atoms with E-state index in [0.29, 0.717) is 37.7 Å². The minimum atomic E-state index is -0.645. The van der Waals surface area contributed by atoms with E-state index in [1.807, 2.05) is 71.2 Å². The molecule has 42 heavy (non-hydrogen) atoms. The molecule has 1 saturated heterocycles. The van der Waals surface area contributed by atoms with Gasteiger partial charge in [-0.15, -0.1) is 11.3 Å². The van der Waals surface area contributed by atoms with Gasteiger partial charge in [0.1, 0.15) is 22.8 Å². The molecule has 1 unspecified atom stereocenters. The number of carbonyl (C=O) groups is 3. The van der Waals surface area contributed by atoms with Crippen molar-refractivity contribution >= 4 is 46.8 Å². The Bertz CT molecular complexity index is 1340. The number of hydrogen-bond donors (Lipinski definition) is 1. The summed E-state index contributed by atoms with van der Waals surface area (Å²) in [5, 5.41) is 2.61. The number of amides is 3. The topological polar surface area (TPSA) is 121 Å². The Morgan fingerprint density at radius 3 is 2.52 bits per heavy atom. The number of benzene rings is 1. The highest BCUT2D eigenvalue weighted by molar-refractivity contribution is 7.10. The average molecular weight is 599 g/mol. The standard InChI is InChI=1S/C30H42N6O5S/c1-29(2,3)40-27(38)34(18-24-31-22-12-7-8-13-23(22)32-24)16-14-26-33-25(19-42-26)35(20-37)17-21-11-9-10-15-36(21)28(39)41-30(4,5)6/h7-8,12-13,19-21H,9-11,14-18H2,1-6H3,(H,31,32). The summed E-state index contributed by atoms with van der Waals surface area (Å²) in [6.45, 7) is 12.6. The molecule has 0 aliphatic carbocycles. The van der Waals surface area contributed by atoms with Crippen molar-refractivity contribution < 1.29 is 23.9 Å². The van der Waals surface area contributed by atoms with Gasteiger partial charge in [0.2, 0.25) is 6.41 Å². The van der Waals surface area contributed by atoms with Gasteiger partial charge >= 0.3 is 12.2 Å². The lowest BCUT2D eigenvalue weighted by molar-refractivity contribution is -0.107. The molecule has 2 aromatic heterocycles. The summed E-state index contributed by atoms with van der Waals surface area (Å²) in [5.41, 5.74) is 0.496. The van der Waals surface area contributed by atoms with Gasteiger partial charge in [-0.25, -0.2) is 19.6 Å². The first-order valence-electron chi connectivity index (χ1n) is 14.4.